The molecule has 1 aromatic rings. The van der Waals surface area contributed by atoms with Crippen molar-refractivity contribution < 1.29 is 0 Å². The number of alkyl halides is 1. The van der Waals surface area contributed by atoms with Gasteiger partial charge in [0.05, 0.1) is 5.01 Å². The van der Waals surface area contributed by atoms with E-state index in [4.69, 9.17) is 0 Å². The van der Waals surface area contributed by atoms with E-state index >= 15 is 0 Å². The Labute approximate surface area is 130 Å². The highest BCUT2D eigenvalue weighted by Gasteiger charge is 2.35. The quantitative estimate of drug-likeness (QED) is 0.598. The number of rotatable bonds is 6. The van der Waals surface area contributed by atoms with E-state index in [1.54, 1.807) is 0 Å². The number of thiazole rings is 1. The van der Waals surface area contributed by atoms with Crippen molar-refractivity contribution >= 4 is 27.3 Å². The summed E-state index contributed by atoms with van der Waals surface area (Å²) in [6.45, 7) is 4.40. The fourth-order valence-electron chi connectivity index (χ4n) is 3.23. The Morgan fingerprint density at radius 1 is 1.42 bits per heavy atom. The molecule has 0 saturated heterocycles. The number of nitrogens with zero attached hydrogens (tertiary/aromatic N) is 1. The van der Waals surface area contributed by atoms with Gasteiger partial charge in [0.15, 0.2) is 0 Å². The van der Waals surface area contributed by atoms with Crippen LogP contribution in [0, 0.1) is 18.3 Å². The summed E-state index contributed by atoms with van der Waals surface area (Å²) in [4.78, 5) is 4.66. The Bertz CT molecular complexity index is 380. The lowest BCUT2D eigenvalue weighted by molar-refractivity contribution is 0.168. The molecule has 0 bridgehead atoms. The Balaban J connectivity index is 1.90. The number of aryl methyl sites for hydroxylation is 1. The summed E-state index contributed by atoms with van der Waals surface area (Å²) < 4.78 is 0. The predicted octanol–water partition coefficient (Wildman–Crippen LogP) is 5.76. The van der Waals surface area contributed by atoms with Gasteiger partial charge >= 0.3 is 0 Å². The van der Waals surface area contributed by atoms with Crippen LogP contribution in [0.5, 0.6) is 0 Å². The zero-order chi connectivity index (χ0) is 13.7. The first-order valence-electron chi connectivity index (χ1n) is 7.64. The Morgan fingerprint density at radius 3 is 2.68 bits per heavy atom. The number of hydrogen-bond acceptors (Lipinski definition) is 2. The molecule has 1 fully saturated rings. The van der Waals surface area contributed by atoms with Gasteiger partial charge in [-0.15, -0.1) is 11.3 Å². The van der Waals surface area contributed by atoms with Crippen LogP contribution in [-0.2, 0) is 6.42 Å². The van der Waals surface area contributed by atoms with Crippen molar-refractivity contribution in [3.05, 3.63) is 16.1 Å². The van der Waals surface area contributed by atoms with Crippen molar-refractivity contribution in [2.45, 2.75) is 65.2 Å². The molecule has 1 heterocycles. The van der Waals surface area contributed by atoms with Gasteiger partial charge in [-0.05, 0) is 43.9 Å². The van der Waals surface area contributed by atoms with Crippen LogP contribution in [0.25, 0.3) is 0 Å². The zero-order valence-electron chi connectivity index (χ0n) is 12.3. The first-order valence-corrected chi connectivity index (χ1v) is 9.64. The minimum Gasteiger partial charge on any atom is -0.247 e. The van der Waals surface area contributed by atoms with Crippen molar-refractivity contribution in [2.24, 2.45) is 11.3 Å². The van der Waals surface area contributed by atoms with Gasteiger partial charge in [-0.3, -0.25) is 0 Å². The number of halogens is 1. The smallest absolute Gasteiger partial charge is 0.0933 e. The normalized spacial score (nSPS) is 27.6. The van der Waals surface area contributed by atoms with Crippen LogP contribution >= 0.6 is 27.3 Å². The van der Waals surface area contributed by atoms with Gasteiger partial charge < -0.3 is 0 Å². The summed E-state index contributed by atoms with van der Waals surface area (Å²) in [6, 6.07) is 0. The first-order chi connectivity index (χ1) is 9.17. The lowest BCUT2D eigenvalue weighted by Crippen LogP contribution is -2.31. The standard InChI is InChI=1S/C16H26BrNS/c1-3-4-5-14-6-8-16(12-17,9-7-14)10-15-18-13(2)11-19-15/h11,14H,3-10,12H2,1-2H3. The Hall–Kier alpha value is 0.110. The molecular formula is C16H26BrNS. The SMILES string of the molecule is CCCCC1CCC(CBr)(Cc2nc(C)cs2)CC1. The van der Waals surface area contributed by atoms with Gasteiger partial charge in [-0.2, -0.15) is 0 Å². The van der Waals surface area contributed by atoms with E-state index < -0.39 is 0 Å². The van der Waals surface area contributed by atoms with Crippen molar-refractivity contribution in [1.82, 2.24) is 4.98 Å². The third kappa shape index (κ3) is 4.29. The van der Waals surface area contributed by atoms with Gasteiger partial charge in [0, 0.05) is 22.8 Å². The monoisotopic (exact) mass is 343 g/mol. The zero-order valence-corrected chi connectivity index (χ0v) is 14.7. The third-order valence-corrected chi connectivity index (χ3v) is 6.76. The summed E-state index contributed by atoms with van der Waals surface area (Å²) in [6.07, 6.45) is 11.0. The molecule has 0 N–H and O–H groups in total. The van der Waals surface area contributed by atoms with Crippen LogP contribution in [0.2, 0.25) is 0 Å². The van der Waals surface area contributed by atoms with Gasteiger partial charge in [0.2, 0.25) is 0 Å². The Morgan fingerprint density at radius 2 is 2.16 bits per heavy atom. The number of unbranched alkanes of at least 4 members (excludes halogenated alkanes) is 1. The van der Waals surface area contributed by atoms with E-state index in [0.717, 1.165) is 11.2 Å². The highest BCUT2D eigenvalue weighted by molar-refractivity contribution is 9.09. The topological polar surface area (TPSA) is 12.9 Å². The molecule has 1 aromatic heterocycles. The molecule has 0 amide bonds. The van der Waals surface area contributed by atoms with E-state index in [1.165, 1.54) is 62.1 Å². The van der Waals surface area contributed by atoms with E-state index in [1.807, 2.05) is 11.3 Å². The highest BCUT2D eigenvalue weighted by atomic mass is 79.9. The lowest BCUT2D eigenvalue weighted by Gasteiger charge is -2.38. The Kier molecular flexibility index (Phi) is 5.88. The summed E-state index contributed by atoms with van der Waals surface area (Å²) in [7, 11) is 0. The maximum Gasteiger partial charge on any atom is 0.0933 e. The van der Waals surface area contributed by atoms with Gasteiger partial charge in [0.25, 0.3) is 0 Å². The van der Waals surface area contributed by atoms with Crippen molar-refractivity contribution in [3.63, 3.8) is 0 Å². The molecular weight excluding hydrogens is 318 g/mol. The van der Waals surface area contributed by atoms with Gasteiger partial charge in [-0.25, -0.2) is 4.98 Å². The molecule has 108 valence electrons. The molecule has 0 unspecified atom stereocenters. The molecule has 19 heavy (non-hydrogen) atoms. The molecule has 0 radical (unpaired) electrons. The summed E-state index contributed by atoms with van der Waals surface area (Å²) in [5, 5.41) is 4.66. The molecule has 0 atom stereocenters. The molecule has 2 rings (SSSR count). The maximum atomic E-state index is 4.66. The van der Waals surface area contributed by atoms with Gasteiger partial charge in [0.1, 0.15) is 0 Å². The predicted molar refractivity (Wildman–Crippen MR) is 88.3 cm³/mol. The average molecular weight is 344 g/mol. The summed E-state index contributed by atoms with van der Waals surface area (Å²) in [5.74, 6) is 0.991. The minimum atomic E-state index is 0.479. The van der Waals surface area contributed by atoms with Crippen molar-refractivity contribution in [2.75, 3.05) is 5.33 Å². The number of aromatic nitrogens is 1. The minimum absolute atomic E-state index is 0.479. The van der Waals surface area contributed by atoms with E-state index in [9.17, 15) is 0 Å². The van der Waals surface area contributed by atoms with E-state index in [-0.39, 0.29) is 0 Å². The van der Waals surface area contributed by atoms with Crippen LogP contribution < -0.4 is 0 Å². The third-order valence-electron chi connectivity index (χ3n) is 4.61. The van der Waals surface area contributed by atoms with E-state index in [2.05, 4.69) is 40.1 Å². The molecule has 0 aromatic carbocycles. The molecule has 1 aliphatic carbocycles. The van der Waals surface area contributed by atoms with Crippen LogP contribution in [0.3, 0.4) is 0 Å². The van der Waals surface area contributed by atoms with Crippen LogP contribution in [0.15, 0.2) is 5.38 Å². The van der Waals surface area contributed by atoms with Gasteiger partial charge in [-0.1, -0.05) is 42.1 Å². The second-order valence-electron chi connectivity index (χ2n) is 6.28. The molecule has 0 spiro atoms. The second-order valence-corrected chi connectivity index (χ2v) is 7.78. The van der Waals surface area contributed by atoms with Crippen LogP contribution in [0.1, 0.15) is 62.6 Å². The highest BCUT2D eigenvalue weighted by Crippen LogP contribution is 2.44. The second kappa shape index (κ2) is 7.21. The van der Waals surface area contributed by atoms with Crippen molar-refractivity contribution in [3.8, 4) is 0 Å². The average Bonchev–Trinajstić information content (AvgIpc) is 2.83. The molecule has 1 saturated carbocycles. The fourth-order valence-corrected chi connectivity index (χ4v) is 4.94. The van der Waals surface area contributed by atoms with Crippen LogP contribution in [-0.4, -0.2) is 10.3 Å². The first kappa shape index (κ1) is 15.5. The lowest BCUT2D eigenvalue weighted by atomic mass is 9.69. The summed E-state index contributed by atoms with van der Waals surface area (Å²) in [5.41, 5.74) is 1.66. The van der Waals surface area contributed by atoms with Crippen LogP contribution in [0.4, 0.5) is 0 Å². The molecule has 1 aliphatic rings. The molecule has 1 nitrogen and oxygen atoms in total. The molecule has 3 heteroatoms. The summed E-state index contributed by atoms with van der Waals surface area (Å²) >= 11 is 5.62. The largest absolute Gasteiger partial charge is 0.247 e. The number of hydrogen-bond donors (Lipinski definition) is 0. The molecule has 0 aliphatic heterocycles. The van der Waals surface area contributed by atoms with E-state index in [0.29, 0.717) is 5.41 Å². The van der Waals surface area contributed by atoms with Crippen molar-refractivity contribution in [1.29, 1.82) is 0 Å². The fraction of sp³-hybridized carbons (Fsp3) is 0.812. The maximum absolute atomic E-state index is 4.66.